The zero-order chi connectivity index (χ0) is 40.9. The summed E-state index contributed by atoms with van der Waals surface area (Å²) in [5.41, 5.74) is 0.0220. The molecule has 2 unspecified atom stereocenters. The summed E-state index contributed by atoms with van der Waals surface area (Å²) in [5, 5.41) is 0. The van der Waals surface area contributed by atoms with Crippen LogP contribution >= 0.6 is 0 Å². The number of hydrogen-bond donors (Lipinski definition) is 0. The lowest BCUT2D eigenvalue weighted by Crippen LogP contribution is -2.33. The van der Waals surface area contributed by atoms with E-state index < -0.39 is 6.29 Å². The van der Waals surface area contributed by atoms with E-state index in [-0.39, 0.29) is 48.4 Å². The van der Waals surface area contributed by atoms with Gasteiger partial charge >= 0.3 is 11.9 Å². The van der Waals surface area contributed by atoms with E-state index in [2.05, 4.69) is 104 Å². The van der Waals surface area contributed by atoms with Crippen molar-refractivity contribution in [3.05, 3.63) is 0 Å². The lowest BCUT2D eigenvalue weighted by molar-refractivity contribution is -0.185. The van der Waals surface area contributed by atoms with E-state index in [4.69, 9.17) is 33.2 Å². The van der Waals surface area contributed by atoms with E-state index in [0.29, 0.717) is 42.2 Å². The first-order valence-corrected chi connectivity index (χ1v) is 19.1. The average molecular weight is 725 g/mol. The van der Waals surface area contributed by atoms with Crippen molar-refractivity contribution in [1.29, 1.82) is 0 Å². The van der Waals surface area contributed by atoms with Gasteiger partial charge in [-0.2, -0.15) is 0 Å². The molecule has 0 heterocycles. The maximum Gasteiger partial charge on any atom is 0.310 e. The average Bonchev–Trinajstić information content (AvgIpc) is 2.91. The molecule has 0 fully saturated rings. The van der Waals surface area contributed by atoms with Gasteiger partial charge in [-0.1, -0.05) is 69.2 Å². The first-order chi connectivity index (χ1) is 22.5. The van der Waals surface area contributed by atoms with Gasteiger partial charge in [0.2, 0.25) is 0 Å². The van der Waals surface area contributed by atoms with Crippen molar-refractivity contribution in [1.82, 2.24) is 0 Å². The van der Waals surface area contributed by atoms with E-state index in [9.17, 15) is 9.59 Å². The van der Waals surface area contributed by atoms with Gasteiger partial charge < -0.3 is 33.2 Å². The van der Waals surface area contributed by atoms with E-state index in [1.165, 1.54) is 0 Å². The van der Waals surface area contributed by atoms with Crippen LogP contribution in [-0.2, 0) is 42.7 Å². The molecule has 0 aliphatic rings. The first-order valence-electron chi connectivity index (χ1n) is 19.1. The Kier molecular flexibility index (Phi) is 39.0. The van der Waals surface area contributed by atoms with E-state index in [1.807, 2.05) is 27.7 Å². The van der Waals surface area contributed by atoms with Gasteiger partial charge in [-0.3, -0.25) is 9.59 Å². The smallest absolute Gasteiger partial charge is 0.310 e. The van der Waals surface area contributed by atoms with Crippen molar-refractivity contribution in [2.24, 2.45) is 29.6 Å². The van der Waals surface area contributed by atoms with Gasteiger partial charge in [-0.15, -0.1) is 0 Å². The maximum absolute atomic E-state index is 11.0. The van der Waals surface area contributed by atoms with Gasteiger partial charge in [-0.25, -0.2) is 0 Å². The second-order valence-electron chi connectivity index (χ2n) is 16.1. The Morgan fingerprint density at radius 2 is 0.940 bits per heavy atom. The lowest BCUT2D eigenvalue weighted by Gasteiger charge is -2.31. The molecule has 0 rings (SSSR count). The molecule has 50 heavy (non-hydrogen) atoms. The Morgan fingerprint density at radius 1 is 0.520 bits per heavy atom. The van der Waals surface area contributed by atoms with Gasteiger partial charge in [-0.05, 0) is 115 Å². The number of ether oxygens (including phenoxy) is 7. The zero-order valence-corrected chi connectivity index (χ0v) is 37.5. The highest BCUT2D eigenvalue weighted by atomic mass is 16.7. The van der Waals surface area contributed by atoms with Crippen molar-refractivity contribution in [2.45, 2.75) is 215 Å². The molecular formula is C41H88O9. The fourth-order valence-corrected chi connectivity index (χ4v) is 2.82. The largest absolute Gasteiger partial charge is 0.438 e. The van der Waals surface area contributed by atoms with Crippen LogP contribution < -0.4 is 0 Å². The van der Waals surface area contributed by atoms with Crippen LogP contribution in [0.3, 0.4) is 0 Å². The highest BCUT2D eigenvalue weighted by Gasteiger charge is 2.23. The molecule has 9 heteroatoms. The zero-order valence-electron chi connectivity index (χ0n) is 37.5. The summed E-state index contributed by atoms with van der Waals surface area (Å²) < 4.78 is 36.5. The van der Waals surface area contributed by atoms with Gasteiger partial charge in [0.1, 0.15) is 0 Å². The number of rotatable bonds is 17. The summed E-state index contributed by atoms with van der Waals surface area (Å²) in [7, 11) is 0. The van der Waals surface area contributed by atoms with Crippen molar-refractivity contribution >= 4 is 11.9 Å². The van der Waals surface area contributed by atoms with Crippen molar-refractivity contribution in [2.75, 3.05) is 13.4 Å². The van der Waals surface area contributed by atoms with E-state index >= 15 is 0 Å². The first kappa shape index (κ1) is 58.1. The van der Waals surface area contributed by atoms with Gasteiger partial charge in [0.05, 0.1) is 54.1 Å². The normalized spacial score (nSPS) is 12.8. The molecule has 0 radical (unpaired) electrons. The molecule has 0 aromatic heterocycles. The standard InChI is InChI=1S/C9H18O3.C9H20O.C8H16O3.C8H18O.C7H16O/c1-6(2)9(10)12-8(5)11-7(3)4;1-7(2)9(5,6)10-8(3)4;1-6(2)8(9)11-5-10-7(3)4;1-6(2)8(5)9-7(3)4;1-6(2)5-8-7(3)4/h6-8H,1-5H3;7-8H,1-6H3;6-7H,5H2,1-4H3;6-8H,1-5H3;6-7H,5H2,1-4H3. The van der Waals surface area contributed by atoms with Crippen LogP contribution in [0.15, 0.2) is 0 Å². The molecule has 0 spiro atoms. The number of carbonyl (C=O) groups excluding carboxylic acids is 2. The molecule has 0 aromatic carbocycles. The van der Waals surface area contributed by atoms with Crippen molar-refractivity contribution < 1.29 is 42.7 Å². The van der Waals surface area contributed by atoms with Crippen molar-refractivity contribution in [3.63, 3.8) is 0 Å². The molecule has 0 saturated heterocycles. The van der Waals surface area contributed by atoms with Gasteiger partial charge in [0, 0.05) is 6.61 Å². The minimum atomic E-state index is -0.445. The Balaban J connectivity index is -0.000000170. The summed E-state index contributed by atoms with van der Waals surface area (Å²) in [6, 6.07) is 0. The number of esters is 2. The number of hydrogen-bond acceptors (Lipinski definition) is 9. The molecule has 0 N–H and O–H groups in total. The Hall–Kier alpha value is -1.26. The topological polar surface area (TPSA) is 98.8 Å². The molecule has 0 aliphatic carbocycles. The predicted molar refractivity (Wildman–Crippen MR) is 210 cm³/mol. The molecule has 0 aliphatic heterocycles. The van der Waals surface area contributed by atoms with Gasteiger partial charge in [0.25, 0.3) is 0 Å². The third-order valence-corrected chi connectivity index (χ3v) is 6.41. The number of carbonyl (C=O) groups is 2. The third kappa shape index (κ3) is 48.9. The highest BCUT2D eigenvalue weighted by Crippen LogP contribution is 2.21. The lowest BCUT2D eigenvalue weighted by atomic mass is 9.94. The molecule has 0 amide bonds. The van der Waals surface area contributed by atoms with Crippen LogP contribution in [0.4, 0.5) is 0 Å². The quantitative estimate of drug-likeness (QED) is 0.107. The van der Waals surface area contributed by atoms with Crippen LogP contribution in [0, 0.1) is 29.6 Å². The summed E-state index contributed by atoms with van der Waals surface area (Å²) in [4.78, 5) is 21.9. The molecule has 0 aromatic rings. The molecule has 306 valence electrons. The van der Waals surface area contributed by atoms with Crippen LogP contribution in [0.25, 0.3) is 0 Å². The van der Waals surface area contributed by atoms with Crippen LogP contribution in [0.2, 0.25) is 0 Å². The maximum atomic E-state index is 11.0. The van der Waals surface area contributed by atoms with Crippen LogP contribution in [0.1, 0.15) is 166 Å². The highest BCUT2D eigenvalue weighted by molar-refractivity contribution is 5.71. The fraction of sp³-hybridized carbons (Fsp3) is 0.951. The SMILES string of the molecule is CC(C)COC(C)C.CC(C)OC(C)(C)C(C)C.CC(C)OC(C)C(C)C.CC(C)OC(C)OC(=O)C(C)C.CC(C)OCOC(=O)C(C)C. The Labute approximate surface area is 311 Å². The Bertz CT molecular complexity index is 747. The second kappa shape index (κ2) is 33.6. The van der Waals surface area contributed by atoms with Crippen LogP contribution in [-0.4, -0.2) is 73.9 Å². The summed E-state index contributed by atoms with van der Waals surface area (Å²) in [6.45, 7) is 49.2. The summed E-state index contributed by atoms with van der Waals surface area (Å²) >= 11 is 0. The molecule has 2 atom stereocenters. The second-order valence-corrected chi connectivity index (χ2v) is 16.1. The summed E-state index contributed by atoms with van der Waals surface area (Å²) in [6.07, 6.45) is 1.22. The third-order valence-electron chi connectivity index (χ3n) is 6.41. The van der Waals surface area contributed by atoms with E-state index in [0.717, 1.165) is 6.61 Å². The van der Waals surface area contributed by atoms with Crippen molar-refractivity contribution in [3.8, 4) is 0 Å². The molecular weight excluding hydrogens is 636 g/mol. The fourth-order valence-electron chi connectivity index (χ4n) is 2.82. The molecule has 0 saturated carbocycles. The minimum absolute atomic E-state index is 0.0220. The summed E-state index contributed by atoms with van der Waals surface area (Å²) in [5.74, 6) is 1.27. The van der Waals surface area contributed by atoms with E-state index in [1.54, 1.807) is 34.6 Å². The van der Waals surface area contributed by atoms with Crippen LogP contribution in [0.5, 0.6) is 0 Å². The Morgan fingerprint density at radius 3 is 1.16 bits per heavy atom. The monoisotopic (exact) mass is 725 g/mol. The molecule has 0 bridgehead atoms. The van der Waals surface area contributed by atoms with Gasteiger partial charge in [0.15, 0.2) is 13.1 Å². The molecule has 9 nitrogen and oxygen atoms in total. The minimum Gasteiger partial charge on any atom is -0.438 e. The predicted octanol–water partition coefficient (Wildman–Crippen LogP) is 10.9.